The maximum atomic E-state index is 4.56. The highest BCUT2D eigenvalue weighted by molar-refractivity contribution is 7.98. The van der Waals surface area contributed by atoms with Gasteiger partial charge in [0.25, 0.3) is 0 Å². The molecule has 0 fully saturated rings. The molecular formula is C18H24N2S. The number of thioether (sulfide) groups is 1. The van der Waals surface area contributed by atoms with Gasteiger partial charge in [-0.2, -0.15) is 0 Å². The Labute approximate surface area is 132 Å². The van der Waals surface area contributed by atoms with Crippen molar-refractivity contribution >= 4 is 11.8 Å². The monoisotopic (exact) mass is 300 g/mol. The minimum absolute atomic E-state index is 0.313. The standard InChI is InChI=1S/C18H24N2S/c1-5-19-15(4)18-7-6-17(11-20-18)21-12-16-9-13(2)8-14(3)10-16/h6-11,15,19H,5,12H2,1-4H3. The summed E-state index contributed by atoms with van der Waals surface area (Å²) in [5.74, 6) is 0.992. The Morgan fingerprint density at radius 1 is 1.14 bits per heavy atom. The van der Waals surface area contributed by atoms with Crippen molar-refractivity contribution in [3.63, 3.8) is 0 Å². The van der Waals surface area contributed by atoms with Crippen molar-refractivity contribution in [2.45, 2.75) is 44.4 Å². The normalized spacial score (nSPS) is 12.4. The van der Waals surface area contributed by atoms with Crippen LogP contribution in [-0.4, -0.2) is 11.5 Å². The van der Waals surface area contributed by atoms with Gasteiger partial charge in [0.2, 0.25) is 0 Å². The van der Waals surface area contributed by atoms with Gasteiger partial charge in [-0.15, -0.1) is 11.8 Å². The lowest BCUT2D eigenvalue weighted by Gasteiger charge is -2.12. The third kappa shape index (κ3) is 4.87. The molecular weight excluding hydrogens is 276 g/mol. The van der Waals surface area contributed by atoms with Crippen LogP contribution in [0.5, 0.6) is 0 Å². The highest BCUT2D eigenvalue weighted by atomic mass is 32.2. The summed E-state index contributed by atoms with van der Waals surface area (Å²) < 4.78 is 0. The second-order valence-corrected chi connectivity index (χ2v) is 6.53. The molecule has 0 amide bonds. The first-order valence-electron chi connectivity index (χ1n) is 7.47. The SMILES string of the molecule is CCNC(C)c1ccc(SCc2cc(C)cc(C)c2)cn1. The molecule has 3 heteroatoms. The number of aryl methyl sites for hydroxylation is 2. The Morgan fingerprint density at radius 3 is 2.43 bits per heavy atom. The largest absolute Gasteiger partial charge is 0.309 e. The predicted molar refractivity (Wildman–Crippen MR) is 91.8 cm³/mol. The molecule has 1 unspecified atom stereocenters. The van der Waals surface area contributed by atoms with E-state index in [1.807, 2.05) is 18.0 Å². The lowest BCUT2D eigenvalue weighted by atomic mass is 10.1. The lowest BCUT2D eigenvalue weighted by molar-refractivity contribution is 0.582. The van der Waals surface area contributed by atoms with Crippen LogP contribution in [0.15, 0.2) is 41.4 Å². The topological polar surface area (TPSA) is 24.9 Å². The third-order valence-corrected chi connectivity index (χ3v) is 4.45. The minimum atomic E-state index is 0.313. The zero-order valence-electron chi connectivity index (χ0n) is 13.3. The number of hydrogen-bond donors (Lipinski definition) is 1. The molecule has 2 rings (SSSR count). The molecule has 1 N–H and O–H groups in total. The van der Waals surface area contributed by atoms with Crippen LogP contribution >= 0.6 is 11.8 Å². The average molecular weight is 300 g/mol. The van der Waals surface area contributed by atoms with E-state index < -0.39 is 0 Å². The highest BCUT2D eigenvalue weighted by Crippen LogP contribution is 2.24. The number of pyridine rings is 1. The summed E-state index contributed by atoms with van der Waals surface area (Å²) in [7, 11) is 0. The first-order valence-corrected chi connectivity index (χ1v) is 8.46. The summed E-state index contributed by atoms with van der Waals surface area (Å²) in [6.07, 6.45) is 1.98. The third-order valence-electron chi connectivity index (χ3n) is 3.40. The van der Waals surface area contributed by atoms with Crippen molar-refractivity contribution in [2.24, 2.45) is 0 Å². The molecule has 0 bridgehead atoms. The smallest absolute Gasteiger partial charge is 0.0571 e. The quantitative estimate of drug-likeness (QED) is 0.785. The van der Waals surface area contributed by atoms with E-state index in [9.17, 15) is 0 Å². The Morgan fingerprint density at radius 2 is 1.86 bits per heavy atom. The van der Waals surface area contributed by atoms with Gasteiger partial charge in [-0.3, -0.25) is 4.98 Å². The maximum Gasteiger partial charge on any atom is 0.0571 e. The van der Waals surface area contributed by atoms with Crippen LogP contribution in [0.3, 0.4) is 0 Å². The van der Waals surface area contributed by atoms with Gasteiger partial charge in [0.05, 0.1) is 5.69 Å². The Kier molecular flexibility index (Phi) is 5.83. The zero-order chi connectivity index (χ0) is 15.2. The van der Waals surface area contributed by atoms with Crippen LogP contribution in [0.25, 0.3) is 0 Å². The summed E-state index contributed by atoms with van der Waals surface area (Å²) in [5, 5.41) is 3.38. The van der Waals surface area contributed by atoms with Crippen LogP contribution < -0.4 is 5.32 Å². The molecule has 0 saturated heterocycles. The zero-order valence-corrected chi connectivity index (χ0v) is 14.1. The van der Waals surface area contributed by atoms with Gasteiger partial charge in [-0.1, -0.05) is 36.2 Å². The van der Waals surface area contributed by atoms with Crippen molar-refractivity contribution in [2.75, 3.05) is 6.54 Å². The van der Waals surface area contributed by atoms with Crippen molar-refractivity contribution in [3.05, 3.63) is 58.9 Å². The van der Waals surface area contributed by atoms with Crippen molar-refractivity contribution in [3.8, 4) is 0 Å². The summed E-state index contributed by atoms with van der Waals surface area (Å²) in [6, 6.07) is 11.3. The fourth-order valence-electron chi connectivity index (χ4n) is 2.46. The van der Waals surface area contributed by atoms with E-state index in [4.69, 9.17) is 0 Å². The Balaban J connectivity index is 1.97. The minimum Gasteiger partial charge on any atom is -0.309 e. The van der Waals surface area contributed by atoms with Crippen molar-refractivity contribution in [1.82, 2.24) is 10.3 Å². The molecule has 0 spiro atoms. The van der Waals surface area contributed by atoms with Crippen LogP contribution in [-0.2, 0) is 5.75 Å². The van der Waals surface area contributed by atoms with Gasteiger partial charge in [-0.05, 0) is 45.0 Å². The first-order chi connectivity index (χ1) is 10.1. The number of nitrogens with zero attached hydrogens (tertiary/aromatic N) is 1. The molecule has 2 aromatic rings. The van der Waals surface area contributed by atoms with Gasteiger partial charge in [-0.25, -0.2) is 0 Å². The Bertz CT molecular complexity index is 558. The van der Waals surface area contributed by atoms with E-state index in [0.717, 1.165) is 18.0 Å². The molecule has 1 aromatic heterocycles. The summed E-state index contributed by atoms with van der Waals surface area (Å²) in [5.41, 5.74) is 5.15. The molecule has 112 valence electrons. The fourth-order valence-corrected chi connectivity index (χ4v) is 3.25. The number of nitrogens with one attached hydrogen (secondary N) is 1. The molecule has 2 nitrogen and oxygen atoms in total. The van der Waals surface area contributed by atoms with Gasteiger partial charge < -0.3 is 5.32 Å². The second-order valence-electron chi connectivity index (χ2n) is 5.48. The van der Waals surface area contributed by atoms with E-state index >= 15 is 0 Å². The van der Waals surface area contributed by atoms with Gasteiger partial charge >= 0.3 is 0 Å². The van der Waals surface area contributed by atoms with E-state index in [1.165, 1.54) is 21.6 Å². The summed E-state index contributed by atoms with van der Waals surface area (Å²) in [4.78, 5) is 5.78. The van der Waals surface area contributed by atoms with E-state index in [-0.39, 0.29) is 0 Å². The van der Waals surface area contributed by atoms with Gasteiger partial charge in [0.15, 0.2) is 0 Å². The summed E-state index contributed by atoms with van der Waals surface area (Å²) in [6.45, 7) is 9.53. The summed E-state index contributed by atoms with van der Waals surface area (Å²) >= 11 is 1.84. The molecule has 0 aliphatic carbocycles. The predicted octanol–water partition coefficient (Wildman–Crippen LogP) is 4.66. The Hall–Kier alpha value is -1.32. The van der Waals surface area contributed by atoms with E-state index in [1.54, 1.807) is 0 Å². The van der Waals surface area contributed by atoms with E-state index in [0.29, 0.717) is 6.04 Å². The van der Waals surface area contributed by atoms with Crippen molar-refractivity contribution < 1.29 is 0 Å². The van der Waals surface area contributed by atoms with Crippen LogP contribution in [0.1, 0.15) is 42.3 Å². The van der Waals surface area contributed by atoms with Gasteiger partial charge in [0.1, 0.15) is 0 Å². The van der Waals surface area contributed by atoms with Crippen LogP contribution in [0.2, 0.25) is 0 Å². The highest BCUT2D eigenvalue weighted by Gasteiger charge is 2.05. The molecule has 1 atom stereocenters. The first kappa shape index (κ1) is 16.1. The lowest BCUT2D eigenvalue weighted by Crippen LogP contribution is -2.18. The molecule has 1 aromatic carbocycles. The molecule has 1 heterocycles. The number of benzene rings is 1. The molecule has 0 aliphatic heterocycles. The molecule has 0 saturated carbocycles. The molecule has 0 aliphatic rings. The fraction of sp³-hybridized carbons (Fsp3) is 0.389. The second kappa shape index (κ2) is 7.62. The molecule has 0 radical (unpaired) electrons. The maximum absolute atomic E-state index is 4.56. The number of rotatable bonds is 6. The molecule has 21 heavy (non-hydrogen) atoms. The average Bonchev–Trinajstić information content (AvgIpc) is 2.45. The van der Waals surface area contributed by atoms with Crippen molar-refractivity contribution in [1.29, 1.82) is 0 Å². The number of hydrogen-bond acceptors (Lipinski definition) is 3. The van der Waals surface area contributed by atoms with E-state index in [2.05, 4.69) is 68.3 Å². The van der Waals surface area contributed by atoms with Gasteiger partial charge in [0, 0.05) is 22.9 Å². The van der Waals surface area contributed by atoms with Crippen LogP contribution in [0, 0.1) is 13.8 Å². The van der Waals surface area contributed by atoms with Crippen LogP contribution in [0.4, 0.5) is 0 Å². The number of aromatic nitrogens is 1.